The van der Waals surface area contributed by atoms with Gasteiger partial charge in [0.2, 0.25) is 0 Å². The number of methoxy groups -OCH3 is 1. The molecular formula is C10H17N3O. The Morgan fingerprint density at radius 1 is 1.71 bits per heavy atom. The highest BCUT2D eigenvalue weighted by Crippen LogP contribution is 2.26. The SMILES string of the molecule is COCCn1cc2c(n1)C(N)CCC2. The van der Waals surface area contributed by atoms with E-state index in [0.717, 1.165) is 25.1 Å². The number of ether oxygens (including phenoxy) is 1. The lowest BCUT2D eigenvalue weighted by Gasteiger charge is -2.15. The molecule has 1 aliphatic carbocycles. The molecule has 0 fully saturated rings. The molecule has 1 unspecified atom stereocenters. The average molecular weight is 195 g/mol. The molecule has 2 rings (SSSR count). The first-order valence-corrected chi connectivity index (χ1v) is 5.12. The number of nitrogens with two attached hydrogens (primary N) is 1. The average Bonchev–Trinajstić information content (AvgIpc) is 2.59. The number of fused-ring (bicyclic) bond motifs is 1. The Balaban J connectivity index is 2.13. The first-order valence-electron chi connectivity index (χ1n) is 5.12. The molecule has 1 atom stereocenters. The van der Waals surface area contributed by atoms with E-state index in [4.69, 9.17) is 10.5 Å². The summed E-state index contributed by atoms with van der Waals surface area (Å²) in [6.07, 6.45) is 5.47. The summed E-state index contributed by atoms with van der Waals surface area (Å²) in [5, 5.41) is 4.48. The summed E-state index contributed by atoms with van der Waals surface area (Å²) in [7, 11) is 1.70. The zero-order chi connectivity index (χ0) is 9.97. The fraction of sp³-hybridized carbons (Fsp3) is 0.700. The van der Waals surface area contributed by atoms with Gasteiger partial charge in [-0.3, -0.25) is 4.68 Å². The molecule has 1 heterocycles. The van der Waals surface area contributed by atoms with Crippen LogP contribution in [0.1, 0.15) is 30.1 Å². The summed E-state index contributed by atoms with van der Waals surface area (Å²) in [5.74, 6) is 0. The maximum absolute atomic E-state index is 5.98. The fourth-order valence-electron chi connectivity index (χ4n) is 1.93. The molecule has 0 bridgehead atoms. The van der Waals surface area contributed by atoms with E-state index in [1.807, 2.05) is 4.68 Å². The maximum atomic E-state index is 5.98. The van der Waals surface area contributed by atoms with Crippen LogP contribution in [0.5, 0.6) is 0 Å². The molecule has 0 radical (unpaired) electrons. The predicted octanol–water partition coefficient (Wildman–Crippen LogP) is 0.866. The molecule has 0 saturated heterocycles. The molecule has 4 heteroatoms. The van der Waals surface area contributed by atoms with E-state index in [1.165, 1.54) is 12.0 Å². The molecule has 14 heavy (non-hydrogen) atoms. The normalized spacial score (nSPS) is 20.9. The van der Waals surface area contributed by atoms with Crippen molar-refractivity contribution >= 4 is 0 Å². The van der Waals surface area contributed by atoms with Gasteiger partial charge in [0.05, 0.1) is 18.8 Å². The highest BCUT2D eigenvalue weighted by molar-refractivity contribution is 5.23. The van der Waals surface area contributed by atoms with E-state index >= 15 is 0 Å². The molecular weight excluding hydrogens is 178 g/mol. The molecule has 78 valence electrons. The summed E-state index contributed by atoms with van der Waals surface area (Å²) in [5.41, 5.74) is 8.39. The number of hydrogen-bond acceptors (Lipinski definition) is 3. The van der Waals surface area contributed by atoms with Gasteiger partial charge >= 0.3 is 0 Å². The molecule has 1 aromatic rings. The lowest BCUT2D eigenvalue weighted by molar-refractivity contribution is 0.183. The number of aryl methyl sites for hydroxylation is 1. The van der Waals surface area contributed by atoms with Gasteiger partial charge in [-0.2, -0.15) is 5.10 Å². The monoisotopic (exact) mass is 195 g/mol. The first-order chi connectivity index (χ1) is 6.81. The van der Waals surface area contributed by atoms with Crippen LogP contribution in [0, 0.1) is 0 Å². The molecule has 1 aliphatic rings. The number of rotatable bonds is 3. The van der Waals surface area contributed by atoms with Crippen LogP contribution >= 0.6 is 0 Å². The second-order valence-corrected chi connectivity index (χ2v) is 3.79. The van der Waals surface area contributed by atoms with Gasteiger partial charge in [-0.15, -0.1) is 0 Å². The van der Waals surface area contributed by atoms with Crippen LogP contribution in [0.4, 0.5) is 0 Å². The third kappa shape index (κ3) is 1.81. The molecule has 0 aromatic carbocycles. The van der Waals surface area contributed by atoms with Gasteiger partial charge < -0.3 is 10.5 Å². The minimum Gasteiger partial charge on any atom is -0.383 e. The van der Waals surface area contributed by atoms with E-state index in [-0.39, 0.29) is 6.04 Å². The van der Waals surface area contributed by atoms with Gasteiger partial charge in [0.15, 0.2) is 0 Å². The number of hydrogen-bond donors (Lipinski definition) is 1. The van der Waals surface area contributed by atoms with E-state index in [2.05, 4.69) is 11.3 Å². The van der Waals surface area contributed by atoms with Crippen molar-refractivity contribution in [2.45, 2.75) is 31.8 Å². The van der Waals surface area contributed by atoms with Crippen LogP contribution in [0.3, 0.4) is 0 Å². The van der Waals surface area contributed by atoms with E-state index in [0.29, 0.717) is 6.61 Å². The van der Waals surface area contributed by atoms with Crippen molar-refractivity contribution in [1.29, 1.82) is 0 Å². The standard InChI is InChI=1S/C10H17N3O/c1-14-6-5-13-7-8-3-2-4-9(11)10(8)12-13/h7,9H,2-6,11H2,1H3. The number of nitrogens with zero attached hydrogens (tertiary/aromatic N) is 2. The van der Waals surface area contributed by atoms with Crippen LogP contribution in [0.15, 0.2) is 6.20 Å². The van der Waals surface area contributed by atoms with Gasteiger partial charge in [0.25, 0.3) is 0 Å². The zero-order valence-corrected chi connectivity index (χ0v) is 8.57. The smallest absolute Gasteiger partial charge is 0.0823 e. The zero-order valence-electron chi connectivity index (χ0n) is 8.57. The van der Waals surface area contributed by atoms with Gasteiger partial charge in [-0.25, -0.2) is 0 Å². The minimum atomic E-state index is 0.141. The molecule has 0 aliphatic heterocycles. The largest absolute Gasteiger partial charge is 0.383 e. The van der Waals surface area contributed by atoms with Crippen molar-refractivity contribution in [3.8, 4) is 0 Å². The Morgan fingerprint density at radius 3 is 3.29 bits per heavy atom. The van der Waals surface area contributed by atoms with Gasteiger partial charge in [-0.1, -0.05) is 0 Å². The van der Waals surface area contributed by atoms with Crippen LogP contribution in [0.25, 0.3) is 0 Å². The Labute approximate surface area is 84.0 Å². The summed E-state index contributed by atoms with van der Waals surface area (Å²) in [6, 6.07) is 0.141. The third-order valence-electron chi connectivity index (χ3n) is 2.71. The molecule has 0 spiro atoms. The Bertz CT molecular complexity index is 308. The fourth-order valence-corrected chi connectivity index (χ4v) is 1.93. The minimum absolute atomic E-state index is 0.141. The van der Waals surface area contributed by atoms with Crippen LogP contribution in [-0.2, 0) is 17.7 Å². The third-order valence-corrected chi connectivity index (χ3v) is 2.71. The van der Waals surface area contributed by atoms with Crippen molar-refractivity contribution < 1.29 is 4.74 Å². The van der Waals surface area contributed by atoms with Gasteiger partial charge in [-0.05, 0) is 24.8 Å². The van der Waals surface area contributed by atoms with Crippen molar-refractivity contribution in [1.82, 2.24) is 9.78 Å². The molecule has 2 N–H and O–H groups in total. The van der Waals surface area contributed by atoms with Crippen LogP contribution < -0.4 is 5.73 Å². The topological polar surface area (TPSA) is 53.1 Å². The Hall–Kier alpha value is -0.870. The van der Waals surface area contributed by atoms with E-state index < -0.39 is 0 Å². The molecule has 4 nitrogen and oxygen atoms in total. The molecule has 0 saturated carbocycles. The summed E-state index contributed by atoms with van der Waals surface area (Å²) >= 11 is 0. The summed E-state index contributed by atoms with van der Waals surface area (Å²) in [4.78, 5) is 0. The van der Waals surface area contributed by atoms with E-state index in [1.54, 1.807) is 7.11 Å². The second-order valence-electron chi connectivity index (χ2n) is 3.79. The Morgan fingerprint density at radius 2 is 2.57 bits per heavy atom. The number of aromatic nitrogens is 2. The summed E-state index contributed by atoms with van der Waals surface area (Å²) < 4.78 is 6.96. The van der Waals surface area contributed by atoms with Gasteiger partial charge in [0.1, 0.15) is 0 Å². The Kier molecular flexibility index (Phi) is 2.84. The maximum Gasteiger partial charge on any atom is 0.0823 e. The van der Waals surface area contributed by atoms with E-state index in [9.17, 15) is 0 Å². The quantitative estimate of drug-likeness (QED) is 0.778. The lowest BCUT2D eigenvalue weighted by atomic mass is 9.95. The van der Waals surface area contributed by atoms with Crippen molar-refractivity contribution in [2.24, 2.45) is 5.73 Å². The van der Waals surface area contributed by atoms with Crippen LogP contribution in [-0.4, -0.2) is 23.5 Å². The molecule has 0 amide bonds. The summed E-state index contributed by atoms with van der Waals surface area (Å²) in [6.45, 7) is 1.52. The van der Waals surface area contributed by atoms with Crippen molar-refractivity contribution in [3.05, 3.63) is 17.5 Å². The van der Waals surface area contributed by atoms with Crippen LogP contribution in [0.2, 0.25) is 0 Å². The van der Waals surface area contributed by atoms with Gasteiger partial charge in [0, 0.05) is 19.3 Å². The van der Waals surface area contributed by atoms with Crippen molar-refractivity contribution in [3.63, 3.8) is 0 Å². The first kappa shape index (κ1) is 9.68. The highest BCUT2D eigenvalue weighted by atomic mass is 16.5. The predicted molar refractivity (Wildman–Crippen MR) is 54.0 cm³/mol. The highest BCUT2D eigenvalue weighted by Gasteiger charge is 2.20. The lowest BCUT2D eigenvalue weighted by Crippen LogP contribution is -2.17. The van der Waals surface area contributed by atoms with Crippen molar-refractivity contribution in [2.75, 3.05) is 13.7 Å². The second kappa shape index (κ2) is 4.11. The molecule has 1 aromatic heterocycles.